The molecule has 0 N–H and O–H groups in total. The average molecular weight is 668 g/mol. The summed E-state index contributed by atoms with van der Waals surface area (Å²) >= 11 is 0. The van der Waals surface area contributed by atoms with Gasteiger partial charge < -0.3 is 18.2 Å². The highest BCUT2D eigenvalue weighted by molar-refractivity contribution is 6.14. The van der Waals surface area contributed by atoms with E-state index in [2.05, 4.69) is 150 Å². The summed E-state index contributed by atoms with van der Waals surface area (Å²) in [5.74, 6) is 0. The Morgan fingerprint density at radius 1 is 0.288 bits per heavy atom. The van der Waals surface area contributed by atoms with Crippen LogP contribution in [0.15, 0.2) is 189 Å². The first-order valence-corrected chi connectivity index (χ1v) is 17.5. The predicted molar refractivity (Wildman–Crippen MR) is 214 cm³/mol. The van der Waals surface area contributed by atoms with Crippen molar-refractivity contribution in [2.45, 2.75) is 0 Å². The third kappa shape index (κ3) is 4.48. The highest BCUT2D eigenvalue weighted by atomic mass is 16.3. The molecule has 0 aliphatic heterocycles. The van der Waals surface area contributed by atoms with Crippen LogP contribution in [-0.2, 0) is 0 Å². The van der Waals surface area contributed by atoms with E-state index in [1.807, 2.05) is 30.3 Å². The molecule has 0 aliphatic carbocycles. The third-order valence-electron chi connectivity index (χ3n) is 10.3. The lowest BCUT2D eigenvalue weighted by Crippen LogP contribution is -2.09. The molecule has 0 saturated carbocycles. The first-order chi connectivity index (χ1) is 25.7. The lowest BCUT2D eigenvalue weighted by atomic mass is 9.99. The molecule has 0 unspecified atom stereocenters. The van der Waals surface area contributed by atoms with Gasteiger partial charge in [0.15, 0.2) is 0 Å². The van der Waals surface area contributed by atoms with Crippen molar-refractivity contribution in [3.05, 3.63) is 176 Å². The second-order valence-electron chi connectivity index (χ2n) is 13.3. The molecule has 244 valence electrons. The summed E-state index contributed by atoms with van der Waals surface area (Å²) in [4.78, 5) is 2.29. The van der Waals surface area contributed by atoms with E-state index in [-0.39, 0.29) is 0 Å². The van der Waals surface area contributed by atoms with Gasteiger partial charge in [-0.05, 0) is 113 Å². The van der Waals surface area contributed by atoms with Crippen LogP contribution in [-0.4, -0.2) is 0 Å². The Balaban J connectivity index is 0.983. The van der Waals surface area contributed by atoms with Gasteiger partial charge in [-0.25, -0.2) is 0 Å². The maximum absolute atomic E-state index is 6.55. The van der Waals surface area contributed by atoms with Crippen molar-refractivity contribution in [2.75, 3.05) is 4.90 Å². The lowest BCUT2D eigenvalue weighted by molar-refractivity contribution is 0.668. The normalized spacial score (nSPS) is 11.8. The first kappa shape index (κ1) is 28.8. The van der Waals surface area contributed by atoms with Crippen molar-refractivity contribution >= 4 is 82.9 Å². The smallest absolute Gasteiger partial charge is 0.137 e. The largest absolute Gasteiger partial charge is 0.456 e. The van der Waals surface area contributed by atoms with E-state index >= 15 is 0 Å². The SMILES string of the molecule is c1ccc(N(c2ccccc2)c2cccc3oc4cc(-c5ccc6c(c5)oc5ccc(-c7ccc8c(c7)oc7ccccc78)cc56)ccc4c23)cc1. The molecule has 3 aromatic heterocycles. The van der Waals surface area contributed by atoms with E-state index in [9.17, 15) is 0 Å². The molecule has 0 aliphatic rings. The minimum Gasteiger partial charge on any atom is -0.456 e. The summed E-state index contributed by atoms with van der Waals surface area (Å²) in [6, 6.07) is 61.3. The summed E-state index contributed by atoms with van der Waals surface area (Å²) in [7, 11) is 0. The summed E-state index contributed by atoms with van der Waals surface area (Å²) in [5, 5.41) is 6.60. The molecule has 0 fully saturated rings. The average Bonchev–Trinajstić information content (AvgIpc) is 3.89. The molecule has 4 nitrogen and oxygen atoms in total. The van der Waals surface area contributed by atoms with Gasteiger partial charge >= 0.3 is 0 Å². The predicted octanol–water partition coefficient (Wildman–Crippen LogP) is 14.2. The van der Waals surface area contributed by atoms with Crippen LogP contribution in [0.4, 0.5) is 17.1 Å². The number of nitrogens with zero attached hydrogens (tertiary/aromatic N) is 1. The van der Waals surface area contributed by atoms with Gasteiger partial charge in [-0.2, -0.15) is 0 Å². The molecule has 0 saturated heterocycles. The Bertz CT molecular complexity index is 3090. The van der Waals surface area contributed by atoms with Gasteiger partial charge in [0.05, 0.1) is 11.1 Å². The molecule has 0 radical (unpaired) electrons. The summed E-state index contributed by atoms with van der Waals surface area (Å²) in [5.41, 5.74) is 12.8. The fourth-order valence-electron chi connectivity index (χ4n) is 7.80. The van der Waals surface area contributed by atoms with Crippen molar-refractivity contribution in [2.24, 2.45) is 0 Å². The van der Waals surface area contributed by atoms with Crippen molar-refractivity contribution in [1.82, 2.24) is 0 Å². The molecule has 0 spiro atoms. The van der Waals surface area contributed by atoms with E-state index in [1.165, 1.54) is 0 Å². The molecular formula is C48H29NO3. The number of anilines is 3. The van der Waals surface area contributed by atoms with Crippen LogP contribution in [0.1, 0.15) is 0 Å². The molecule has 52 heavy (non-hydrogen) atoms. The quantitative estimate of drug-likeness (QED) is 0.183. The highest BCUT2D eigenvalue weighted by Gasteiger charge is 2.20. The maximum Gasteiger partial charge on any atom is 0.137 e. The fraction of sp³-hybridized carbons (Fsp3) is 0. The van der Waals surface area contributed by atoms with Crippen LogP contribution in [0.2, 0.25) is 0 Å². The van der Waals surface area contributed by atoms with Crippen LogP contribution in [0, 0.1) is 0 Å². The van der Waals surface area contributed by atoms with Crippen LogP contribution in [0.3, 0.4) is 0 Å². The molecule has 0 amide bonds. The van der Waals surface area contributed by atoms with E-state index in [0.717, 1.165) is 105 Å². The molecule has 4 heteroatoms. The van der Waals surface area contributed by atoms with Gasteiger partial charge in [0.2, 0.25) is 0 Å². The molecule has 0 atom stereocenters. The fourth-order valence-corrected chi connectivity index (χ4v) is 7.80. The summed E-state index contributed by atoms with van der Waals surface area (Å²) < 4.78 is 19.2. The zero-order valence-electron chi connectivity index (χ0n) is 27.9. The minimum atomic E-state index is 0.844. The van der Waals surface area contributed by atoms with Gasteiger partial charge in [-0.1, -0.05) is 84.9 Å². The summed E-state index contributed by atoms with van der Waals surface area (Å²) in [6.45, 7) is 0. The van der Waals surface area contributed by atoms with Crippen molar-refractivity contribution < 1.29 is 13.3 Å². The van der Waals surface area contributed by atoms with Crippen LogP contribution >= 0.6 is 0 Å². The van der Waals surface area contributed by atoms with E-state index < -0.39 is 0 Å². The second kappa shape index (κ2) is 11.2. The highest BCUT2D eigenvalue weighted by Crippen LogP contribution is 2.44. The topological polar surface area (TPSA) is 42.7 Å². The number of para-hydroxylation sites is 3. The number of furan rings is 3. The number of benzene rings is 8. The summed E-state index contributed by atoms with van der Waals surface area (Å²) in [6.07, 6.45) is 0. The van der Waals surface area contributed by atoms with Gasteiger partial charge in [-0.15, -0.1) is 0 Å². The van der Waals surface area contributed by atoms with Gasteiger partial charge in [0.1, 0.15) is 33.5 Å². The Morgan fingerprint density at radius 3 is 1.42 bits per heavy atom. The standard InChI is InChI=1S/C48H29NO3/c1-3-10-34(11-4-1)49(35-12-5-2-6-13-35)41-15-9-17-44-48(41)39-24-20-33(29-47(39)52-44)32-19-23-38-40-26-30(21-25-43(40)51-46(38)28-32)31-18-22-37-36-14-7-8-16-42(36)50-45(37)27-31/h1-29H. The Hall–Kier alpha value is -7.04. The van der Waals surface area contributed by atoms with Gasteiger partial charge in [0.25, 0.3) is 0 Å². The Kier molecular flexibility index (Phi) is 6.22. The Morgan fingerprint density at radius 2 is 0.750 bits per heavy atom. The zero-order valence-corrected chi connectivity index (χ0v) is 27.9. The molecule has 3 heterocycles. The number of rotatable bonds is 5. The first-order valence-electron chi connectivity index (χ1n) is 17.5. The molecule has 11 aromatic rings. The Labute approximate surface area is 298 Å². The van der Waals surface area contributed by atoms with E-state index in [0.29, 0.717) is 0 Å². The van der Waals surface area contributed by atoms with Crippen LogP contribution < -0.4 is 4.90 Å². The van der Waals surface area contributed by atoms with Crippen LogP contribution in [0.25, 0.3) is 88.1 Å². The third-order valence-corrected chi connectivity index (χ3v) is 10.3. The van der Waals surface area contributed by atoms with Crippen molar-refractivity contribution in [3.63, 3.8) is 0 Å². The van der Waals surface area contributed by atoms with E-state index in [1.54, 1.807) is 0 Å². The van der Waals surface area contributed by atoms with Gasteiger partial charge in [0, 0.05) is 38.3 Å². The molecule has 8 aromatic carbocycles. The molecular weight excluding hydrogens is 639 g/mol. The maximum atomic E-state index is 6.55. The second-order valence-corrected chi connectivity index (χ2v) is 13.3. The van der Waals surface area contributed by atoms with Crippen LogP contribution in [0.5, 0.6) is 0 Å². The lowest BCUT2D eigenvalue weighted by Gasteiger charge is -2.26. The number of fused-ring (bicyclic) bond motifs is 9. The van der Waals surface area contributed by atoms with E-state index in [4.69, 9.17) is 13.3 Å². The molecule has 11 rings (SSSR count). The number of hydrogen-bond donors (Lipinski definition) is 0. The van der Waals surface area contributed by atoms with Crippen molar-refractivity contribution in [3.8, 4) is 22.3 Å². The molecule has 0 bridgehead atoms. The number of hydrogen-bond acceptors (Lipinski definition) is 4. The monoisotopic (exact) mass is 667 g/mol. The zero-order chi connectivity index (χ0) is 34.2. The minimum absolute atomic E-state index is 0.844. The van der Waals surface area contributed by atoms with Gasteiger partial charge in [-0.3, -0.25) is 0 Å². The van der Waals surface area contributed by atoms with Crippen molar-refractivity contribution in [1.29, 1.82) is 0 Å².